The van der Waals surface area contributed by atoms with Gasteiger partial charge in [0.25, 0.3) is 0 Å². The van der Waals surface area contributed by atoms with Crippen molar-refractivity contribution < 1.29 is 9.84 Å². The van der Waals surface area contributed by atoms with Crippen LogP contribution in [0.2, 0.25) is 0 Å². The van der Waals surface area contributed by atoms with Gasteiger partial charge in [-0.2, -0.15) is 5.10 Å². The first kappa shape index (κ1) is 19.4. The number of aromatic amines is 1. The van der Waals surface area contributed by atoms with Gasteiger partial charge in [-0.1, -0.05) is 39.2 Å². The Kier molecular flexibility index (Phi) is 5.79. The number of phenols is 1. The number of aromatic nitrogens is 4. The van der Waals surface area contributed by atoms with Crippen LogP contribution in [0.5, 0.6) is 11.6 Å². The number of rotatable bonds is 4. The molecule has 0 saturated heterocycles. The SMILES string of the molecule is C[C@@H]1CCC[C@H](C)C[C@H](Oc2ccc(-c3ccc(-c4cn[nH]c4)cc3O)nn2)C1. The monoisotopic (exact) mass is 392 g/mol. The fourth-order valence-corrected chi connectivity index (χ4v) is 4.17. The number of phenolic OH excluding ortho intramolecular Hbond substituents is 1. The number of hydrogen-bond acceptors (Lipinski definition) is 5. The van der Waals surface area contributed by atoms with Gasteiger partial charge < -0.3 is 9.84 Å². The molecule has 1 aliphatic rings. The highest BCUT2D eigenvalue weighted by Gasteiger charge is 2.22. The smallest absolute Gasteiger partial charge is 0.233 e. The van der Waals surface area contributed by atoms with Crippen LogP contribution >= 0.6 is 0 Å². The van der Waals surface area contributed by atoms with Crippen molar-refractivity contribution in [3.05, 3.63) is 42.7 Å². The molecule has 152 valence electrons. The number of H-pyrrole nitrogens is 1. The average molecular weight is 393 g/mol. The first-order valence-electron chi connectivity index (χ1n) is 10.4. The van der Waals surface area contributed by atoms with Gasteiger partial charge in [-0.05, 0) is 48.4 Å². The number of ether oxygens (including phenoxy) is 1. The molecule has 1 aromatic carbocycles. The van der Waals surface area contributed by atoms with Gasteiger partial charge in [0.15, 0.2) is 0 Å². The molecular formula is C23H28N4O2. The third-order valence-corrected chi connectivity index (χ3v) is 5.76. The maximum Gasteiger partial charge on any atom is 0.233 e. The highest BCUT2D eigenvalue weighted by atomic mass is 16.5. The maximum atomic E-state index is 10.5. The van der Waals surface area contributed by atoms with Crippen molar-refractivity contribution in [1.82, 2.24) is 20.4 Å². The first-order valence-corrected chi connectivity index (χ1v) is 10.4. The second-order valence-electron chi connectivity index (χ2n) is 8.33. The van der Waals surface area contributed by atoms with Crippen molar-refractivity contribution in [2.75, 3.05) is 0 Å². The predicted octanol–water partition coefficient (Wildman–Crippen LogP) is 5.22. The molecule has 2 aromatic heterocycles. The molecule has 1 saturated carbocycles. The quantitative estimate of drug-likeness (QED) is 0.636. The van der Waals surface area contributed by atoms with Crippen LogP contribution in [-0.2, 0) is 0 Å². The predicted molar refractivity (Wildman–Crippen MR) is 113 cm³/mol. The van der Waals surface area contributed by atoms with Crippen LogP contribution in [0.15, 0.2) is 42.7 Å². The zero-order valence-corrected chi connectivity index (χ0v) is 17.0. The Labute approximate surface area is 171 Å². The molecule has 2 heterocycles. The second-order valence-corrected chi connectivity index (χ2v) is 8.33. The molecule has 6 heteroatoms. The van der Waals surface area contributed by atoms with Gasteiger partial charge >= 0.3 is 0 Å². The summed E-state index contributed by atoms with van der Waals surface area (Å²) in [5.41, 5.74) is 3.07. The van der Waals surface area contributed by atoms with Crippen LogP contribution in [-0.4, -0.2) is 31.6 Å². The highest BCUT2D eigenvalue weighted by Crippen LogP contribution is 2.33. The van der Waals surface area contributed by atoms with Crippen molar-refractivity contribution in [1.29, 1.82) is 0 Å². The van der Waals surface area contributed by atoms with Gasteiger partial charge in [-0.3, -0.25) is 5.10 Å². The van der Waals surface area contributed by atoms with E-state index in [2.05, 4.69) is 34.2 Å². The molecule has 3 aromatic rings. The van der Waals surface area contributed by atoms with Crippen LogP contribution in [0, 0.1) is 11.8 Å². The van der Waals surface area contributed by atoms with E-state index in [1.807, 2.05) is 24.3 Å². The van der Waals surface area contributed by atoms with E-state index >= 15 is 0 Å². The number of benzene rings is 1. The molecule has 0 radical (unpaired) electrons. The van der Waals surface area contributed by atoms with Crippen LogP contribution in [0.4, 0.5) is 0 Å². The summed E-state index contributed by atoms with van der Waals surface area (Å²) in [6.45, 7) is 4.61. The van der Waals surface area contributed by atoms with Gasteiger partial charge in [0.2, 0.25) is 5.88 Å². The Hall–Kier alpha value is -2.89. The van der Waals surface area contributed by atoms with Crippen LogP contribution in [0.3, 0.4) is 0 Å². The lowest BCUT2D eigenvalue weighted by atomic mass is 9.86. The fourth-order valence-electron chi connectivity index (χ4n) is 4.17. The van der Waals surface area contributed by atoms with Crippen molar-refractivity contribution in [3.63, 3.8) is 0 Å². The number of aromatic hydroxyl groups is 1. The average Bonchev–Trinajstić information content (AvgIpc) is 3.22. The van der Waals surface area contributed by atoms with E-state index in [0.717, 1.165) is 24.0 Å². The van der Waals surface area contributed by atoms with E-state index in [9.17, 15) is 5.11 Å². The molecule has 29 heavy (non-hydrogen) atoms. The Morgan fingerprint density at radius 1 is 1.00 bits per heavy atom. The Morgan fingerprint density at radius 3 is 2.41 bits per heavy atom. The minimum Gasteiger partial charge on any atom is -0.507 e. The normalized spacial score (nSPS) is 22.6. The van der Waals surface area contributed by atoms with E-state index in [1.54, 1.807) is 18.5 Å². The Balaban J connectivity index is 1.47. The number of nitrogens with one attached hydrogen (secondary N) is 1. The van der Waals surface area contributed by atoms with Crippen molar-refractivity contribution in [2.45, 2.75) is 52.1 Å². The lowest BCUT2D eigenvalue weighted by Gasteiger charge is -2.27. The number of nitrogens with zero attached hydrogens (tertiary/aromatic N) is 3. The molecule has 6 nitrogen and oxygen atoms in total. The molecule has 0 spiro atoms. The molecular weight excluding hydrogens is 364 g/mol. The summed E-state index contributed by atoms with van der Waals surface area (Å²) in [5, 5.41) is 25.7. The standard InChI is InChI=1S/C23H28N4O2/c1-15-4-3-5-16(2)11-19(10-15)29-23-9-8-21(26-27-23)20-7-6-17(12-22(20)28)18-13-24-25-14-18/h6-9,12-16,19,28H,3-5,10-11H2,1-2H3,(H,24,25)/t15-,16+,19-. The Morgan fingerprint density at radius 2 is 1.79 bits per heavy atom. The van der Waals surface area contributed by atoms with Crippen molar-refractivity contribution in [2.24, 2.45) is 11.8 Å². The van der Waals surface area contributed by atoms with E-state index in [1.165, 1.54) is 19.3 Å². The summed E-state index contributed by atoms with van der Waals surface area (Å²) < 4.78 is 6.17. The van der Waals surface area contributed by atoms with Crippen molar-refractivity contribution >= 4 is 0 Å². The summed E-state index contributed by atoms with van der Waals surface area (Å²) in [6.07, 6.45) is 9.66. The molecule has 1 aliphatic carbocycles. The third kappa shape index (κ3) is 4.75. The lowest BCUT2D eigenvalue weighted by Crippen LogP contribution is -2.25. The van der Waals surface area contributed by atoms with Crippen LogP contribution in [0.25, 0.3) is 22.4 Å². The minimum atomic E-state index is 0.161. The maximum absolute atomic E-state index is 10.5. The molecule has 2 N–H and O–H groups in total. The molecule has 0 amide bonds. The van der Waals surface area contributed by atoms with Gasteiger partial charge in [0.1, 0.15) is 11.9 Å². The van der Waals surface area contributed by atoms with Crippen LogP contribution < -0.4 is 4.74 Å². The molecule has 0 bridgehead atoms. The largest absolute Gasteiger partial charge is 0.507 e. The number of hydrogen-bond donors (Lipinski definition) is 2. The summed E-state index contributed by atoms with van der Waals surface area (Å²) in [5.74, 6) is 2.05. The molecule has 0 unspecified atom stereocenters. The first-order chi connectivity index (χ1) is 14.1. The summed E-state index contributed by atoms with van der Waals surface area (Å²) in [4.78, 5) is 0. The summed E-state index contributed by atoms with van der Waals surface area (Å²) in [6, 6.07) is 9.19. The van der Waals surface area contributed by atoms with E-state index in [0.29, 0.717) is 29.0 Å². The van der Waals surface area contributed by atoms with Crippen molar-refractivity contribution in [3.8, 4) is 34.0 Å². The van der Waals surface area contributed by atoms with E-state index in [-0.39, 0.29) is 11.9 Å². The lowest BCUT2D eigenvalue weighted by molar-refractivity contribution is 0.121. The highest BCUT2D eigenvalue weighted by molar-refractivity contribution is 5.73. The molecule has 1 fully saturated rings. The third-order valence-electron chi connectivity index (χ3n) is 5.76. The zero-order chi connectivity index (χ0) is 20.2. The fraction of sp³-hybridized carbons (Fsp3) is 0.435. The van der Waals surface area contributed by atoms with Gasteiger partial charge in [0, 0.05) is 23.4 Å². The van der Waals surface area contributed by atoms with Gasteiger partial charge in [-0.25, -0.2) is 0 Å². The topological polar surface area (TPSA) is 83.9 Å². The van der Waals surface area contributed by atoms with E-state index < -0.39 is 0 Å². The Bertz CT molecular complexity index is 913. The summed E-state index contributed by atoms with van der Waals surface area (Å²) in [7, 11) is 0. The minimum absolute atomic E-state index is 0.161. The van der Waals surface area contributed by atoms with Gasteiger partial charge in [-0.15, -0.1) is 10.2 Å². The second kappa shape index (κ2) is 8.64. The molecule has 0 aliphatic heterocycles. The molecule has 4 rings (SSSR count). The zero-order valence-electron chi connectivity index (χ0n) is 17.0. The van der Waals surface area contributed by atoms with Gasteiger partial charge in [0.05, 0.1) is 11.9 Å². The molecule has 3 atom stereocenters. The van der Waals surface area contributed by atoms with E-state index in [4.69, 9.17) is 4.74 Å². The van der Waals surface area contributed by atoms with Crippen LogP contribution in [0.1, 0.15) is 46.0 Å². The summed E-state index contributed by atoms with van der Waals surface area (Å²) >= 11 is 0.